The van der Waals surface area contributed by atoms with E-state index in [1.54, 1.807) is 25.3 Å². The molecule has 1 aromatic carbocycles. The minimum atomic E-state index is -0.424. The molecule has 0 fully saturated rings. The number of nitro benzene ring substituents is 1. The molecule has 0 amide bonds. The van der Waals surface area contributed by atoms with Crippen molar-refractivity contribution in [3.63, 3.8) is 0 Å². The molecular weight excluding hydrogens is 248 g/mol. The van der Waals surface area contributed by atoms with E-state index in [4.69, 9.17) is 9.47 Å². The Bertz CT molecular complexity index is 423. The summed E-state index contributed by atoms with van der Waals surface area (Å²) in [5, 5.41) is 14.3. The molecule has 1 unspecified atom stereocenters. The van der Waals surface area contributed by atoms with Crippen molar-refractivity contribution < 1.29 is 14.4 Å². The summed E-state index contributed by atoms with van der Waals surface area (Å²) in [6.07, 6.45) is 0.800. The molecule has 0 saturated heterocycles. The number of rotatable bonds is 8. The minimum absolute atomic E-state index is 0.0230. The van der Waals surface area contributed by atoms with Gasteiger partial charge in [-0.1, -0.05) is 13.0 Å². The van der Waals surface area contributed by atoms with Crippen LogP contribution in [0.4, 0.5) is 11.4 Å². The first kappa shape index (κ1) is 15.2. The van der Waals surface area contributed by atoms with Crippen molar-refractivity contribution >= 4 is 11.4 Å². The molecule has 0 radical (unpaired) electrons. The number of benzene rings is 1. The van der Waals surface area contributed by atoms with Crippen LogP contribution in [-0.4, -0.2) is 31.3 Å². The molecule has 0 aliphatic rings. The first-order valence-corrected chi connectivity index (χ1v) is 6.25. The van der Waals surface area contributed by atoms with Crippen molar-refractivity contribution in [3.05, 3.63) is 28.3 Å². The SMILES string of the molecule is CCCOc1cccc(NC(C)COC)c1[N+](=O)[O-]. The molecule has 0 aromatic heterocycles. The molecule has 1 N–H and O–H groups in total. The highest BCUT2D eigenvalue weighted by Crippen LogP contribution is 2.35. The second-order valence-electron chi connectivity index (χ2n) is 4.26. The van der Waals surface area contributed by atoms with Gasteiger partial charge < -0.3 is 14.8 Å². The maximum absolute atomic E-state index is 11.2. The zero-order chi connectivity index (χ0) is 14.3. The Morgan fingerprint density at radius 3 is 2.79 bits per heavy atom. The van der Waals surface area contributed by atoms with Crippen LogP contribution < -0.4 is 10.1 Å². The van der Waals surface area contributed by atoms with Gasteiger partial charge in [0.15, 0.2) is 5.75 Å². The van der Waals surface area contributed by atoms with Gasteiger partial charge in [0.2, 0.25) is 0 Å². The summed E-state index contributed by atoms with van der Waals surface area (Å²) in [5.74, 6) is 0.293. The van der Waals surface area contributed by atoms with Crippen LogP contribution >= 0.6 is 0 Å². The third kappa shape index (κ3) is 4.40. The number of nitrogens with one attached hydrogen (secondary N) is 1. The topological polar surface area (TPSA) is 73.6 Å². The van der Waals surface area contributed by atoms with Crippen molar-refractivity contribution in [1.82, 2.24) is 0 Å². The molecule has 6 nitrogen and oxygen atoms in total. The number of hydrogen-bond donors (Lipinski definition) is 1. The van der Waals surface area contributed by atoms with Crippen molar-refractivity contribution in [2.75, 3.05) is 25.6 Å². The van der Waals surface area contributed by atoms with E-state index in [1.165, 1.54) is 0 Å². The van der Waals surface area contributed by atoms with Crippen LogP contribution in [0.2, 0.25) is 0 Å². The van der Waals surface area contributed by atoms with E-state index < -0.39 is 4.92 Å². The fraction of sp³-hybridized carbons (Fsp3) is 0.538. The maximum Gasteiger partial charge on any atom is 0.333 e. The molecule has 0 saturated carbocycles. The van der Waals surface area contributed by atoms with Gasteiger partial charge in [-0.05, 0) is 25.5 Å². The van der Waals surface area contributed by atoms with Crippen molar-refractivity contribution in [3.8, 4) is 5.75 Å². The lowest BCUT2D eigenvalue weighted by Crippen LogP contribution is -2.21. The number of nitrogens with zero attached hydrogens (tertiary/aromatic N) is 1. The number of methoxy groups -OCH3 is 1. The predicted octanol–water partition coefficient (Wildman–Crippen LogP) is 2.83. The normalized spacial score (nSPS) is 11.9. The van der Waals surface area contributed by atoms with Gasteiger partial charge in [-0.3, -0.25) is 10.1 Å². The lowest BCUT2D eigenvalue weighted by Gasteiger charge is -2.15. The van der Waals surface area contributed by atoms with Gasteiger partial charge in [0.1, 0.15) is 5.69 Å². The van der Waals surface area contributed by atoms with Crippen LogP contribution in [0.1, 0.15) is 20.3 Å². The molecule has 0 spiro atoms. The zero-order valence-electron chi connectivity index (χ0n) is 11.5. The zero-order valence-corrected chi connectivity index (χ0v) is 11.5. The van der Waals surface area contributed by atoms with Gasteiger partial charge in [-0.2, -0.15) is 0 Å². The Hall–Kier alpha value is -1.82. The number of para-hydroxylation sites is 1. The first-order valence-electron chi connectivity index (χ1n) is 6.25. The monoisotopic (exact) mass is 268 g/mol. The molecule has 1 rings (SSSR count). The Morgan fingerprint density at radius 2 is 2.21 bits per heavy atom. The summed E-state index contributed by atoms with van der Waals surface area (Å²) < 4.78 is 10.4. The number of hydrogen-bond acceptors (Lipinski definition) is 5. The summed E-state index contributed by atoms with van der Waals surface area (Å²) in [7, 11) is 1.59. The Labute approximate surface area is 112 Å². The van der Waals surface area contributed by atoms with E-state index in [0.29, 0.717) is 24.7 Å². The summed E-state index contributed by atoms with van der Waals surface area (Å²) in [6, 6.07) is 4.99. The quantitative estimate of drug-likeness (QED) is 0.579. The molecule has 0 aliphatic carbocycles. The fourth-order valence-corrected chi connectivity index (χ4v) is 1.71. The average molecular weight is 268 g/mol. The van der Waals surface area contributed by atoms with Gasteiger partial charge in [-0.15, -0.1) is 0 Å². The highest BCUT2D eigenvalue weighted by molar-refractivity contribution is 5.68. The second-order valence-corrected chi connectivity index (χ2v) is 4.26. The first-order chi connectivity index (χ1) is 9.10. The molecule has 0 heterocycles. The maximum atomic E-state index is 11.2. The van der Waals surface area contributed by atoms with Gasteiger partial charge in [0, 0.05) is 13.2 Å². The van der Waals surface area contributed by atoms with Crippen LogP contribution in [0.3, 0.4) is 0 Å². The molecule has 106 valence electrons. The molecule has 19 heavy (non-hydrogen) atoms. The Morgan fingerprint density at radius 1 is 1.47 bits per heavy atom. The summed E-state index contributed by atoms with van der Waals surface area (Å²) in [4.78, 5) is 10.8. The highest BCUT2D eigenvalue weighted by Gasteiger charge is 2.21. The van der Waals surface area contributed by atoms with Gasteiger partial charge in [0.05, 0.1) is 18.1 Å². The summed E-state index contributed by atoms with van der Waals surface area (Å²) in [5.41, 5.74) is 0.419. The average Bonchev–Trinajstić information content (AvgIpc) is 2.36. The van der Waals surface area contributed by atoms with E-state index in [9.17, 15) is 10.1 Å². The van der Waals surface area contributed by atoms with Crippen LogP contribution in [-0.2, 0) is 4.74 Å². The van der Waals surface area contributed by atoms with Crippen molar-refractivity contribution in [2.24, 2.45) is 0 Å². The fourth-order valence-electron chi connectivity index (χ4n) is 1.71. The summed E-state index contributed by atoms with van der Waals surface area (Å²) >= 11 is 0. The van der Waals surface area contributed by atoms with Crippen LogP contribution in [0, 0.1) is 10.1 Å². The Balaban J connectivity index is 2.99. The highest BCUT2D eigenvalue weighted by atomic mass is 16.6. The van der Waals surface area contributed by atoms with Crippen LogP contribution in [0.5, 0.6) is 5.75 Å². The molecule has 0 bridgehead atoms. The predicted molar refractivity (Wildman–Crippen MR) is 73.8 cm³/mol. The van der Waals surface area contributed by atoms with Crippen LogP contribution in [0.15, 0.2) is 18.2 Å². The second kappa shape index (κ2) is 7.58. The number of ether oxygens (including phenoxy) is 2. The molecule has 0 aliphatic heterocycles. The smallest absolute Gasteiger partial charge is 0.333 e. The number of nitro groups is 1. The Kier molecular flexibility index (Phi) is 6.08. The van der Waals surface area contributed by atoms with E-state index in [1.807, 2.05) is 13.8 Å². The lowest BCUT2D eigenvalue weighted by atomic mass is 10.2. The van der Waals surface area contributed by atoms with E-state index in [2.05, 4.69) is 5.32 Å². The minimum Gasteiger partial charge on any atom is -0.487 e. The van der Waals surface area contributed by atoms with Crippen molar-refractivity contribution in [2.45, 2.75) is 26.3 Å². The van der Waals surface area contributed by atoms with Gasteiger partial charge in [0.25, 0.3) is 0 Å². The lowest BCUT2D eigenvalue weighted by molar-refractivity contribution is -0.385. The van der Waals surface area contributed by atoms with Gasteiger partial charge in [-0.25, -0.2) is 0 Å². The van der Waals surface area contributed by atoms with Gasteiger partial charge >= 0.3 is 5.69 Å². The van der Waals surface area contributed by atoms with E-state index >= 15 is 0 Å². The molecular formula is C13H20N2O4. The molecule has 1 aromatic rings. The molecule has 6 heteroatoms. The number of anilines is 1. The standard InChI is InChI=1S/C13H20N2O4/c1-4-8-19-12-7-5-6-11(13(12)15(16)17)14-10(2)9-18-3/h5-7,10,14H,4,8-9H2,1-3H3. The van der Waals surface area contributed by atoms with Crippen LogP contribution in [0.25, 0.3) is 0 Å². The van der Waals surface area contributed by atoms with Crippen molar-refractivity contribution in [1.29, 1.82) is 0 Å². The van der Waals surface area contributed by atoms with E-state index in [-0.39, 0.29) is 11.7 Å². The summed E-state index contributed by atoms with van der Waals surface area (Å²) in [6.45, 7) is 4.77. The largest absolute Gasteiger partial charge is 0.487 e. The molecule has 1 atom stereocenters. The van der Waals surface area contributed by atoms with E-state index in [0.717, 1.165) is 6.42 Å². The third-order valence-electron chi connectivity index (χ3n) is 2.46. The third-order valence-corrected chi connectivity index (χ3v) is 2.46.